The van der Waals surface area contributed by atoms with Crippen LogP contribution < -0.4 is 0 Å². The molecule has 0 fully saturated rings. The fourth-order valence-corrected chi connectivity index (χ4v) is 111. The van der Waals surface area contributed by atoms with E-state index in [9.17, 15) is 0 Å². The molecule has 280 valence electrons. The van der Waals surface area contributed by atoms with Gasteiger partial charge in [-0.1, -0.05) is 0 Å². The van der Waals surface area contributed by atoms with Gasteiger partial charge in [0.05, 0.1) is 0 Å². The van der Waals surface area contributed by atoms with Gasteiger partial charge in [0.15, 0.2) is 0 Å². The molecule has 0 radical (unpaired) electrons. The van der Waals surface area contributed by atoms with Crippen molar-refractivity contribution in [1.82, 2.24) is 0 Å². The molecule has 45 heavy (non-hydrogen) atoms. The van der Waals surface area contributed by atoms with Crippen LogP contribution in [0.4, 0.5) is 0 Å². The SMILES string of the molecule is CC[Si](CC)(CC)[C]([Yb][C]([Si](CC)(CC)CC)([Si](CC)(CC)CC)[Si](CC)(CC)CC)([Si](CC)(CC)CC)[Si](CC)(CC)CC. The summed E-state index contributed by atoms with van der Waals surface area (Å²) in [5.74, 6) is 0. The second-order valence-corrected chi connectivity index (χ2v) is 58.3. The Bertz CT molecular complexity index is 589. The van der Waals surface area contributed by atoms with Crippen LogP contribution in [0.15, 0.2) is 0 Å². The van der Waals surface area contributed by atoms with Crippen LogP contribution in [0.2, 0.25) is 107 Å². The summed E-state index contributed by atoms with van der Waals surface area (Å²) in [6.07, 6.45) is 0. The topological polar surface area (TPSA) is 0 Å². The van der Waals surface area contributed by atoms with Gasteiger partial charge in [-0.15, -0.1) is 0 Å². The van der Waals surface area contributed by atoms with E-state index in [0.29, 0.717) is 0 Å². The summed E-state index contributed by atoms with van der Waals surface area (Å²) in [6.45, 7) is 49.8. The zero-order valence-corrected chi connectivity index (χ0v) is 42.7. The average molecular weight is 889 g/mol. The molecule has 0 saturated heterocycles. The number of rotatable bonds is 26. The van der Waals surface area contributed by atoms with Gasteiger partial charge in [0, 0.05) is 0 Å². The predicted molar refractivity (Wildman–Crippen MR) is 229 cm³/mol. The molecule has 0 aromatic heterocycles. The molecule has 0 rings (SSSR count). The second kappa shape index (κ2) is 20.2. The summed E-state index contributed by atoms with van der Waals surface area (Å²) >= 11 is 0.911. The summed E-state index contributed by atoms with van der Waals surface area (Å²) in [4.78, 5) is 0. The molecule has 0 aromatic carbocycles. The normalized spacial score (nSPS) is 14.9. The minimum absolute atomic E-state index is 0.815. The Morgan fingerprint density at radius 3 is 0.378 bits per heavy atom. The van der Waals surface area contributed by atoms with Gasteiger partial charge in [-0.05, 0) is 0 Å². The van der Waals surface area contributed by atoms with Gasteiger partial charge in [-0.3, -0.25) is 0 Å². The van der Waals surface area contributed by atoms with Crippen molar-refractivity contribution < 1.29 is 42.4 Å². The molecule has 0 amide bonds. The molecule has 0 aromatic rings. The Morgan fingerprint density at radius 2 is 0.311 bits per heavy atom. The number of hydrogen-bond donors (Lipinski definition) is 0. The van der Waals surface area contributed by atoms with Crippen molar-refractivity contribution in [2.45, 2.75) is 232 Å². The van der Waals surface area contributed by atoms with Crippen LogP contribution in [-0.4, -0.2) is 48.4 Å². The van der Waals surface area contributed by atoms with Crippen LogP contribution in [-0.2, 0) is 0 Å². The van der Waals surface area contributed by atoms with Crippen LogP contribution in [0.25, 0.3) is 0 Å². The van der Waals surface area contributed by atoms with Crippen molar-refractivity contribution in [1.29, 1.82) is 0 Å². The van der Waals surface area contributed by atoms with Crippen molar-refractivity contribution in [3.8, 4) is 0 Å². The van der Waals surface area contributed by atoms with E-state index in [1.807, 2.05) is 0 Å². The van der Waals surface area contributed by atoms with Crippen LogP contribution in [0, 0.1) is 42.4 Å². The van der Waals surface area contributed by atoms with Crippen molar-refractivity contribution in [2.75, 3.05) is 0 Å². The molecule has 0 aliphatic heterocycles. The molecule has 0 heterocycles. The summed E-state index contributed by atoms with van der Waals surface area (Å²) < 4.78 is 1.63. The minimum atomic E-state index is -1.64. The maximum absolute atomic E-state index is 2.77. The molecule has 0 nitrogen and oxygen atoms in total. The van der Waals surface area contributed by atoms with Gasteiger partial charge < -0.3 is 0 Å². The molecule has 0 unspecified atom stereocenters. The van der Waals surface area contributed by atoms with E-state index in [1.165, 1.54) is 0 Å². The third-order valence-corrected chi connectivity index (χ3v) is 88.6. The van der Waals surface area contributed by atoms with Gasteiger partial charge in [0.1, 0.15) is 0 Å². The quantitative estimate of drug-likeness (QED) is 0.0759. The monoisotopic (exact) mass is 889 g/mol. The summed E-state index contributed by atoms with van der Waals surface area (Å²) in [7, 11) is -9.84. The summed E-state index contributed by atoms with van der Waals surface area (Å²) in [6, 6.07) is 28.4. The molecular formula is C38H90Si6Yb. The third kappa shape index (κ3) is 6.89. The maximum atomic E-state index is 2.77. The third-order valence-electron chi connectivity index (χ3n) is 16.4. The van der Waals surface area contributed by atoms with E-state index < -0.39 is 48.4 Å². The first-order valence-electron chi connectivity index (χ1n) is 20.9. The molecule has 0 bridgehead atoms. The Morgan fingerprint density at radius 1 is 0.222 bits per heavy atom. The Kier molecular flexibility index (Phi) is 21.4. The Balaban J connectivity index is 9.85. The van der Waals surface area contributed by atoms with Crippen LogP contribution >= 0.6 is 0 Å². The molecule has 0 aliphatic rings. The van der Waals surface area contributed by atoms with Gasteiger partial charge >= 0.3 is 322 Å². The van der Waals surface area contributed by atoms with Gasteiger partial charge in [0.2, 0.25) is 0 Å². The first-order chi connectivity index (χ1) is 21.3. The van der Waals surface area contributed by atoms with Crippen LogP contribution in [0.3, 0.4) is 0 Å². The molecule has 0 aliphatic carbocycles. The molecule has 0 spiro atoms. The second-order valence-electron chi connectivity index (χ2n) is 15.3. The summed E-state index contributed by atoms with van der Waals surface area (Å²) in [5, 5.41) is 0. The van der Waals surface area contributed by atoms with Crippen molar-refractivity contribution in [2.24, 2.45) is 0 Å². The molecule has 0 atom stereocenters. The van der Waals surface area contributed by atoms with Crippen LogP contribution in [0.1, 0.15) is 125 Å². The first kappa shape index (κ1) is 47.8. The van der Waals surface area contributed by atoms with Gasteiger partial charge in [-0.2, -0.15) is 0 Å². The van der Waals surface area contributed by atoms with E-state index in [-0.39, 0.29) is 0 Å². The first-order valence-corrected chi connectivity index (χ1v) is 38.3. The van der Waals surface area contributed by atoms with E-state index in [2.05, 4.69) is 125 Å². The van der Waals surface area contributed by atoms with Crippen molar-refractivity contribution >= 4 is 48.4 Å². The molecule has 0 N–H and O–H groups in total. The zero-order valence-electron chi connectivity index (χ0n) is 35.0. The molecule has 7 heteroatoms. The predicted octanol–water partition coefficient (Wildman–Crippen LogP) is 15.7. The van der Waals surface area contributed by atoms with Crippen LogP contribution in [0.5, 0.6) is 0 Å². The zero-order chi connectivity index (χ0) is 35.4. The van der Waals surface area contributed by atoms with Crippen molar-refractivity contribution in [3.63, 3.8) is 0 Å². The molecule has 0 saturated carbocycles. The van der Waals surface area contributed by atoms with E-state index in [1.54, 1.807) is 109 Å². The van der Waals surface area contributed by atoms with E-state index in [0.717, 1.165) is 40.4 Å². The summed E-state index contributed by atoms with van der Waals surface area (Å²) in [5.41, 5.74) is 0. The standard InChI is InChI=1S/2C19H45Si3.Yb/c2*1-10-20(11-2,12-3)19(21(13-4,14-5)15-6)22(16-7,17-8)18-9;/h2*10-18H2,1-9H3;. The fraction of sp³-hybridized carbons (Fsp3) is 1.00. The molecular weight excluding hydrogens is 798 g/mol. The Hall–Kier alpha value is 2.82. The fourth-order valence-electron chi connectivity index (χ4n) is 12.5. The average Bonchev–Trinajstić information content (AvgIpc) is 3.10. The van der Waals surface area contributed by atoms with E-state index in [4.69, 9.17) is 0 Å². The van der Waals surface area contributed by atoms with Gasteiger partial charge in [0.25, 0.3) is 0 Å². The Labute approximate surface area is 318 Å². The van der Waals surface area contributed by atoms with Gasteiger partial charge in [-0.25, -0.2) is 0 Å². The number of hydrogen-bond acceptors (Lipinski definition) is 0. The van der Waals surface area contributed by atoms with Crippen molar-refractivity contribution in [3.05, 3.63) is 0 Å². The van der Waals surface area contributed by atoms with E-state index >= 15 is 0 Å².